The molecular formula is C16H25N5. The monoisotopic (exact) mass is 287 g/mol. The largest absolute Gasteiger partial charge is 0.373 e. The average Bonchev–Trinajstić information content (AvgIpc) is 2.93. The number of anilines is 1. The van der Waals surface area contributed by atoms with Gasteiger partial charge in [-0.3, -0.25) is 4.68 Å². The van der Waals surface area contributed by atoms with E-state index < -0.39 is 0 Å². The van der Waals surface area contributed by atoms with Gasteiger partial charge in [-0.2, -0.15) is 0 Å². The van der Waals surface area contributed by atoms with E-state index in [2.05, 4.69) is 65.7 Å². The molecule has 0 aliphatic carbocycles. The van der Waals surface area contributed by atoms with E-state index in [1.54, 1.807) is 0 Å². The van der Waals surface area contributed by atoms with Gasteiger partial charge in [0.25, 0.3) is 0 Å². The smallest absolute Gasteiger partial charge is 0.0964 e. The van der Waals surface area contributed by atoms with Crippen LogP contribution in [0, 0.1) is 5.92 Å². The molecule has 0 amide bonds. The van der Waals surface area contributed by atoms with Crippen molar-refractivity contribution in [3.05, 3.63) is 42.2 Å². The highest BCUT2D eigenvalue weighted by Gasteiger charge is 2.03. The third-order valence-corrected chi connectivity index (χ3v) is 3.31. The van der Waals surface area contributed by atoms with Crippen molar-refractivity contribution in [3.63, 3.8) is 0 Å². The van der Waals surface area contributed by atoms with Crippen LogP contribution >= 0.6 is 0 Å². The third kappa shape index (κ3) is 5.19. The molecule has 0 radical (unpaired) electrons. The van der Waals surface area contributed by atoms with Gasteiger partial charge in [0.15, 0.2) is 0 Å². The summed E-state index contributed by atoms with van der Waals surface area (Å²) in [6, 6.07) is 10.4. The second kappa shape index (κ2) is 7.78. The molecule has 0 aliphatic rings. The molecule has 0 fully saturated rings. The highest BCUT2D eigenvalue weighted by Crippen LogP contribution is 2.10. The minimum absolute atomic E-state index is 0.652. The van der Waals surface area contributed by atoms with E-state index >= 15 is 0 Å². The Balaban J connectivity index is 1.77. The fourth-order valence-electron chi connectivity index (χ4n) is 2.08. The van der Waals surface area contributed by atoms with E-state index in [0.29, 0.717) is 5.92 Å². The summed E-state index contributed by atoms with van der Waals surface area (Å²) in [5.41, 5.74) is 2.22. The summed E-state index contributed by atoms with van der Waals surface area (Å²) < 4.78 is 1.91. The summed E-state index contributed by atoms with van der Waals surface area (Å²) in [6.45, 7) is 7.93. The summed E-state index contributed by atoms with van der Waals surface area (Å²) in [5, 5.41) is 11.8. The maximum atomic E-state index is 4.20. The van der Waals surface area contributed by atoms with Crippen LogP contribution in [0.3, 0.4) is 0 Å². The standard InChI is InChI=1S/C16H25N5/c1-14(2)11-17-12-15-13-21(19-18-15)10-9-20(3)16-7-5-4-6-8-16/h4-8,13-14,17H,9-12H2,1-3H3. The Bertz CT molecular complexity index is 520. The zero-order valence-electron chi connectivity index (χ0n) is 13.2. The van der Waals surface area contributed by atoms with E-state index in [1.807, 2.05) is 16.9 Å². The molecule has 5 nitrogen and oxygen atoms in total. The molecule has 0 saturated heterocycles. The fourth-order valence-corrected chi connectivity index (χ4v) is 2.08. The van der Waals surface area contributed by atoms with Crippen molar-refractivity contribution in [1.29, 1.82) is 0 Å². The Kier molecular flexibility index (Phi) is 5.75. The second-order valence-corrected chi connectivity index (χ2v) is 5.75. The molecule has 2 rings (SSSR count). The van der Waals surface area contributed by atoms with E-state index in [-0.39, 0.29) is 0 Å². The minimum atomic E-state index is 0.652. The van der Waals surface area contributed by atoms with E-state index in [4.69, 9.17) is 0 Å². The van der Waals surface area contributed by atoms with Crippen molar-refractivity contribution in [2.45, 2.75) is 26.9 Å². The average molecular weight is 287 g/mol. The van der Waals surface area contributed by atoms with Crippen LogP contribution in [0.5, 0.6) is 0 Å². The number of para-hydroxylation sites is 1. The normalized spacial score (nSPS) is 11.0. The Hall–Kier alpha value is -1.88. The van der Waals surface area contributed by atoms with Gasteiger partial charge in [0.2, 0.25) is 0 Å². The summed E-state index contributed by atoms with van der Waals surface area (Å²) in [5.74, 6) is 0.652. The lowest BCUT2D eigenvalue weighted by Gasteiger charge is -2.18. The van der Waals surface area contributed by atoms with Crippen LogP contribution in [0.2, 0.25) is 0 Å². The van der Waals surface area contributed by atoms with Crippen LogP contribution in [0.15, 0.2) is 36.5 Å². The minimum Gasteiger partial charge on any atom is -0.373 e. The molecule has 0 unspecified atom stereocenters. The first-order valence-corrected chi connectivity index (χ1v) is 7.51. The van der Waals surface area contributed by atoms with E-state index in [9.17, 15) is 0 Å². The van der Waals surface area contributed by atoms with Gasteiger partial charge in [-0.25, -0.2) is 0 Å². The van der Waals surface area contributed by atoms with Crippen molar-refractivity contribution in [1.82, 2.24) is 20.3 Å². The van der Waals surface area contributed by atoms with E-state index in [1.165, 1.54) is 5.69 Å². The quantitative estimate of drug-likeness (QED) is 0.808. The van der Waals surface area contributed by atoms with Gasteiger partial charge in [0.1, 0.15) is 0 Å². The molecule has 0 saturated carbocycles. The van der Waals surface area contributed by atoms with Crippen molar-refractivity contribution in [2.75, 3.05) is 25.0 Å². The van der Waals surface area contributed by atoms with Crippen molar-refractivity contribution in [2.24, 2.45) is 5.92 Å². The SMILES string of the molecule is CC(C)CNCc1cn(CCN(C)c2ccccc2)nn1. The van der Waals surface area contributed by atoms with Crippen molar-refractivity contribution in [3.8, 4) is 0 Å². The fraction of sp³-hybridized carbons (Fsp3) is 0.500. The maximum Gasteiger partial charge on any atom is 0.0964 e. The molecule has 1 aromatic heterocycles. The molecule has 0 aliphatic heterocycles. The first-order chi connectivity index (χ1) is 10.1. The van der Waals surface area contributed by atoms with Gasteiger partial charge < -0.3 is 10.2 Å². The van der Waals surface area contributed by atoms with Gasteiger partial charge in [-0.1, -0.05) is 37.3 Å². The zero-order valence-corrected chi connectivity index (χ0v) is 13.2. The Morgan fingerprint density at radius 2 is 2.00 bits per heavy atom. The van der Waals surface area contributed by atoms with Crippen LogP contribution in [0.25, 0.3) is 0 Å². The molecule has 1 N–H and O–H groups in total. The zero-order chi connectivity index (χ0) is 15.1. The number of benzene rings is 1. The Morgan fingerprint density at radius 1 is 1.24 bits per heavy atom. The summed E-state index contributed by atoms with van der Waals surface area (Å²) in [4.78, 5) is 2.22. The van der Waals surface area contributed by atoms with Crippen LogP contribution in [0.4, 0.5) is 5.69 Å². The Morgan fingerprint density at radius 3 is 2.71 bits per heavy atom. The number of aromatic nitrogens is 3. The molecule has 21 heavy (non-hydrogen) atoms. The van der Waals surface area contributed by atoms with Crippen LogP contribution in [0.1, 0.15) is 19.5 Å². The van der Waals surface area contributed by atoms with Crippen LogP contribution in [-0.2, 0) is 13.1 Å². The van der Waals surface area contributed by atoms with Gasteiger partial charge in [0, 0.05) is 32.0 Å². The van der Waals surface area contributed by atoms with Crippen molar-refractivity contribution >= 4 is 5.69 Å². The number of nitrogens with one attached hydrogen (secondary N) is 1. The molecule has 1 heterocycles. The highest BCUT2D eigenvalue weighted by atomic mass is 15.4. The van der Waals surface area contributed by atoms with Gasteiger partial charge in [-0.05, 0) is 24.6 Å². The second-order valence-electron chi connectivity index (χ2n) is 5.75. The molecule has 0 atom stereocenters. The number of rotatable bonds is 8. The molecular weight excluding hydrogens is 262 g/mol. The summed E-state index contributed by atoms with van der Waals surface area (Å²) in [6.07, 6.45) is 2.02. The van der Waals surface area contributed by atoms with Crippen molar-refractivity contribution < 1.29 is 0 Å². The molecule has 0 spiro atoms. The van der Waals surface area contributed by atoms with E-state index in [0.717, 1.165) is 31.9 Å². The topological polar surface area (TPSA) is 46.0 Å². The number of hydrogen-bond donors (Lipinski definition) is 1. The number of hydrogen-bond acceptors (Lipinski definition) is 4. The molecule has 5 heteroatoms. The lowest BCUT2D eigenvalue weighted by atomic mass is 10.2. The first-order valence-electron chi connectivity index (χ1n) is 7.51. The van der Waals surface area contributed by atoms with Gasteiger partial charge in [-0.15, -0.1) is 5.10 Å². The van der Waals surface area contributed by atoms with Gasteiger partial charge in [0.05, 0.1) is 12.2 Å². The molecule has 0 bridgehead atoms. The van der Waals surface area contributed by atoms with Crippen LogP contribution in [-0.4, -0.2) is 35.1 Å². The maximum absolute atomic E-state index is 4.20. The summed E-state index contributed by atoms with van der Waals surface area (Å²) in [7, 11) is 2.09. The predicted molar refractivity (Wildman–Crippen MR) is 86.3 cm³/mol. The number of likely N-dealkylation sites (N-methyl/N-ethyl adjacent to an activating group) is 1. The lowest BCUT2D eigenvalue weighted by Crippen LogP contribution is -2.22. The summed E-state index contributed by atoms with van der Waals surface area (Å²) >= 11 is 0. The molecule has 2 aromatic rings. The molecule has 114 valence electrons. The first kappa shape index (κ1) is 15.5. The Labute approximate surface area is 127 Å². The highest BCUT2D eigenvalue weighted by molar-refractivity contribution is 5.44. The lowest BCUT2D eigenvalue weighted by molar-refractivity contribution is 0.547. The van der Waals surface area contributed by atoms with Gasteiger partial charge >= 0.3 is 0 Å². The van der Waals surface area contributed by atoms with Crippen LogP contribution < -0.4 is 10.2 Å². The predicted octanol–water partition coefficient (Wildman–Crippen LogP) is 2.16. The number of nitrogens with zero attached hydrogens (tertiary/aromatic N) is 4. The third-order valence-electron chi connectivity index (χ3n) is 3.31. The molecule has 1 aromatic carbocycles.